The van der Waals surface area contributed by atoms with Crippen molar-refractivity contribution in [2.24, 2.45) is 0 Å². The first-order valence-corrected chi connectivity index (χ1v) is 9.86. The summed E-state index contributed by atoms with van der Waals surface area (Å²) in [6.45, 7) is 4.64. The van der Waals surface area contributed by atoms with Gasteiger partial charge in [0.1, 0.15) is 5.75 Å². The molecule has 0 radical (unpaired) electrons. The Balaban J connectivity index is 1.33. The monoisotopic (exact) mass is 392 g/mol. The van der Waals surface area contributed by atoms with Crippen molar-refractivity contribution in [1.82, 2.24) is 20.4 Å². The van der Waals surface area contributed by atoms with E-state index in [1.807, 2.05) is 55.5 Å². The first kappa shape index (κ1) is 19.1. The summed E-state index contributed by atoms with van der Waals surface area (Å²) in [5.41, 5.74) is 1.48. The van der Waals surface area contributed by atoms with Crippen LogP contribution in [0.2, 0.25) is 0 Å². The molecule has 2 aromatic carbocycles. The van der Waals surface area contributed by atoms with Crippen molar-refractivity contribution in [3.8, 4) is 17.2 Å². The molecule has 0 saturated carbocycles. The molecule has 2 heterocycles. The molecule has 0 bridgehead atoms. The van der Waals surface area contributed by atoms with E-state index in [2.05, 4.69) is 20.4 Å². The maximum absolute atomic E-state index is 12.7. The molecule has 1 fully saturated rings. The van der Waals surface area contributed by atoms with Gasteiger partial charge in [0.2, 0.25) is 0 Å². The van der Waals surface area contributed by atoms with Gasteiger partial charge in [0.25, 0.3) is 11.8 Å². The maximum atomic E-state index is 12.7. The fourth-order valence-electron chi connectivity index (χ4n) is 3.51. The van der Waals surface area contributed by atoms with Gasteiger partial charge >= 0.3 is 0 Å². The zero-order valence-corrected chi connectivity index (χ0v) is 16.4. The number of ether oxygens (including phenoxy) is 1. The fourth-order valence-corrected chi connectivity index (χ4v) is 3.51. The van der Waals surface area contributed by atoms with Crippen molar-refractivity contribution < 1.29 is 14.1 Å². The Kier molecular flexibility index (Phi) is 5.86. The van der Waals surface area contributed by atoms with Crippen LogP contribution in [0.1, 0.15) is 29.5 Å². The molecule has 1 N–H and O–H groups in total. The van der Waals surface area contributed by atoms with Crippen LogP contribution < -0.4 is 10.1 Å². The molecule has 150 valence electrons. The highest BCUT2D eigenvalue weighted by molar-refractivity contribution is 5.97. The van der Waals surface area contributed by atoms with E-state index in [1.165, 1.54) is 0 Å². The van der Waals surface area contributed by atoms with Gasteiger partial charge in [0.05, 0.1) is 18.7 Å². The molecule has 1 aromatic heterocycles. The summed E-state index contributed by atoms with van der Waals surface area (Å²) in [6, 6.07) is 17.1. The molecule has 3 aromatic rings. The van der Waals surface area contributed by atoms with Crippen LogP contribution in [0.3, 0.4) is 0 Å². The van der Waals surface area contributed by atoms with Gasteiger partial charge in [-0.05, 0) is 37.6 Å². The van der Waals surface area contributed by atoms with Gasteiger partial charge in [-0.1, -0.05) is 35.5 Å². The van der Waals surface area contributed by atoms with E-state index >= 15 is 0 Å². The first-order valence-electron chi connectivity index (χ1n) is 9.86. The van der Waals surface area contributed by atoms with E-state index in [1.54, 1.807) is 6.07 Å². The molecule has 1 amide bonds. The van der Waals surface area contributed by atoms with Crippen molar-refractivity contribution in [2.75, 3.05) is 19.7 Å². The van der Waals surface area contributed by atoms with E-state index in [-0.39, 0.29) is 11.9 Å². The molecule has 0 spiro atoms. The van der Waals surface area contributed by atoms with Crippen molar-refractivity contribution >= 4 is 5.91 Å². The van der Waals surface area contributed by atoms with Crippen LogP contribution in [-0.2, 0) is 6.54 Å². The molecule has 7 heteroatoms. The van der Waals surface area contributed by atoms with Gasteiger partial charge in [0, 0.05) is 24.7 Å². The number of hydrogen-bond donors (Lipinski definition) is 1. The number of rotatable bonds is 7. The second-order valence-electron chi connectivity index (χ2n) is 7.01. The summed E-state index contributed by atoms with van der Waals surface area (Å²) in [6.07, 6.45) is 0.881. The van der Waals surface area contributed by atoms with Gasteiger partial charge < -0.3 is 14.6 Å². The van der Waals surface area contributed by atoms with Crippen molar-refractivity contribution in [1.29, 1.82) is 0 Å². The second kappa shape index (κ2) is 8.87. The highest BCUT2D eigenvalue weighted by atomic mass is 16.5. The average molecular weight is 392 g/mol. The number of para-hydroxylation sites is 1. The number of benzene rings is 2. The van der Waals surface area contributed by atoms with Gasteiger partial charge in [-0.15, -0.1) is 0 Å². The Morgan fingerprint density at radius 2 is 2.00 bits per heavy atom. The normalized spacial score (nSPS) is 16.7. The number of hydrogen-bond acceptors (Lipinski definition) is 6. The van der Waals surface area contributed by atoms with Crippen LogP contribution in [0, 0.1) is 0 Å². The molecule has 0 unspecified atom stereocenters. The second-order valence-corrected chi connectivity index (χ2v) is 7.01. The summed E-state index contributed by atoms with van der Waals surface area (Å²) in [4.78, 5) is 19.4. The average Bonchev–Trinajstić information content (AvgIpc) is 3.39. The summed E-state index contributed by atoms with van der Waals surface area (Å²) in [5, 5.41) is 7.21. The minimum Gasteiger partial charge on any atom is -0.493 e. The Morgan fingerprint density at radius 3 is 2.83 bits per heavy atom. The van der Waals surface area contributed by atoms with Crippen molar-refractivity contribution in [2.45, 2.75) is 25.9 Å². The molecule has 1 saturated heterocycles. The number of aromatic nitrogens is 2. The van der Waals surface area contributed by atoms with Crippen LogP contribution in [0.15, 0.2) is 59.1 Å². The predicted molar refractivity (Wildman–Crippen MR) is 108 cm³/mol. The lowest BCUT2D eigenvalue weighted by Crippen LogP contribution is -2.37. The molecule has 1 aliphatic heterocycles. The molecule has 7 nitrogen and oxygen atoms in total. The smallest absolute Gasteiger partial charge is 0.257 e. The molecular formula is C22H24N4O3. The minimum atomic E-state index is -0.105. The number of carbonyl (C=O) groups excluding carboxylic acids is 1. The fraction of sp³-hybridized carbons (Fsp3) is 0.318. The van der Waals surface area contributed by atoms with Crippen LogP contribution >= 0.6 is 0 Å². The van der Waals surface area contributed by atoms with E-state index < -0.39 is 0 Å². The van der Waals surface area contributed by atoms with Crippen molar-refractivity contribution in [3.05, 3.63) is 66.0 Å². The van der Waals surface area contributed by atoms with E-state index in [0.29, 0.717) is 36.2 Å². The molecule has 1 atom stereocenters. The quantitative estimate of drug-likeness (QED) is 0.665. The lowest BCUT2D eigenvalue weighted by Gasteiger charge is -2.16. The largest absolute Gasteiger partial charge is 0.493 e. The highest BCUT2D eigenvalue weighted by Crippen LogP contribution is 2.20. The number of nitrogens with zero attached hydrogens (tertiary/aromatic N) is 3. The van der Waals surface area contributed by atoms with Gasteiger partial charge in [-0.25, -0.2) is 0 Å². The highest BCUT2D eigenvalue weighted by Gasteiger charge is 2.26. The standard InChI is InChI=1S/C22H24N4O3/c1-2-28-19-11-7-6-10-18(19)21(27)23-17-12-13-26(14-17)15-20-24-22(29-25-20)16-8-4-3-5-9-16/h3-11,17H,2,12-15H2,1H3,(H,23,27)/t17-/m0/s1. The lowest BCUT2D eigenvalue weighted by molar-refractivity contribution is 0.0933. The topological polar surface area (TPSA) is 80.5 Å². The van der Waals surface area contributed by atoms with Gasteiger partial charge in [0.15, 0.2) is 5.82 Å². The van der Waals surface area contributed by atoms with Crippen LogP contribution in [0.4, 0.5) is 0 Å². The molecule has 4 rings (SSSR count). The Labute approximate surface area is 169 Å². The number of carbonyl (C=O) groups is 1. The van der Waals surface area contributed by atoms with Crippen molar-refractivity contribution in [3.63, 3.8) is 0 Å². The summed E-state index contributed by atoms with van der Waals surface area (Å²) in [5.74, 6) is 1.68. The van der Waals surface area contributed by atoms with E-state index in [9.17, 15) is 4.79 Å². The third-order valence-electron chi connectivity index (χ3n) is 4.89. The summed E-state index contributed by atoms with van der Waals surface area (Å²) < 4.78 is 10.9. The Bertz CT molecular complexity index is 957. The zero-order chi connectivity index (χ0) is 20.1. The number of nitrogens with one attached hydrogen (secondary N) is 1. The van der Waals surface area contributed by atoms with E-state index in [4.69, 9.17) is 9.26 Å². The molecule has 29 heavy (non-hydrogen) atoms. The molecular weight excluding hydrogens is 368 g/mol. The van der Waals surface area contributed by atoms with Crippen LogP contribution in [0.25, 0.3) is 11.5 Å². The SMILES string of the molecule is CCOc1ccccc1C(=O)N[C@H]1CCN(Cc2noc(-c3ccccc3)n2)C1. The van der Waals surface area contributed by atoms with Gasteiger partial charge in [-0.2, -0.15) is 4.98 Å². The summed E-state index contributed by atoms with van der Waals surface area (Å²) in [7, 11) is 0. The first-order chi connectivity index (χ1) is 14.2. The summed E-state index contributed by atoms with van der Waals surface area (Å²) >= 11 is 0. The number of likely N-dealkylation sites (tertiary alicyclic amines) is 1. The molecule has 1 aliphatic rings. The Morgan fingerprint density at radius 1 is 1.21 bits per heavy atom. The molecule has 0 aliphatic carbocycles. The minimum absolute atomic E-state index is 0.0812. The van der Waals surface area contributed by atoms with Crippen LogP contribution in [-0.4, -0.2) is 46.7 Å². The third kappa shape index (κ3) is 4.63. The van der Waals surface area contributed by atoms with Crippen LogP contribution in [0.5, 0.6) is 5.75 Å². The maximum Gasteiger partial charge on any atom is 0.257 e. The number of amides is 1. The zero-order valence-electron chi connectivity index (χ0n) is 16.4. The van der Waals surface area contributed by atoms with E-state index in [0.717, 1.165) is 25.1 Å². The van der Waals surface area contributed by atoms with Gasteiger partial charge in [-0.3, -0.25) is 9.69 Å². The Hall–Kier alpha value is -3.19. The lowest BCUT2D eigenvalue weighted by atomic mass is 10.1. The predicted octanol–water partition coefficient (Wildman–Crippen LogP) is 3.14. The third-order valence-corrected chi connectivity index (χ3v) is 4.89.